The Hall–Kier alpha value is -2.48. The largest absolute Gasteiger partial charge is 0.370 e. The lowest BCUT2D eigenvalue weighted by molar-refractivity contribution is 0.405. The van der Waals surface area contributed by atoms with Gasteiger partial charge in [-0.3, -0.25) is 0 Å². The van der Waals surface area contributed by atoms with Crippen molar-refractivity contribution in [1.29, 1.82) is 0 Å². The van der Waals surface area contributed by atoms with Gasteiger partial charge in [0.2, 0.25) is 5.95 Å². The molecule has 0 bridgehead atoms. The molecule has 0 radical (unpaired) electrons. The Kier molecular flexibility index (Phi) is 6.17. The molecule has 0 unspecified atom stereocenters. The predicted molar refractivity (Wildman–Crippen MR) is 105 cm³/mol. The van der Waals surface area contributed by atoms with Gasteiger partial charge in [-0.05, 0) is 40.1 Å². The van der Waals surface area contributed by atoms with Gasteiger partial charge in [-0.2, -0.15) is 0 Å². The summed E-state index contributed by atoms with van der Waals surface area (Å²) in [6, 6.07) is 3.90. The van der Waals surface area contributed by atoms with Crippen molar-refractivity contribution in [3.63, 3.8) is 0 Å². The zero-order valence-electron chi connectivity index (χ0n) is 15.9. The van der Waals surface area contributed by atoms with Gasteiger partial charge in [0.1, 0.15) is 17.5 Å². The molecule has 1 aliphatic heterocycles. The summed E-state index contributed by atoms with van der Waals surface area (Å²) in [6.07, 6.45) is 4.66. The smallest absolute Gasteiger partial charge is 0.225 e. The van der Waals surface area contributed by atoms with E-state index in [4.69, 9.17) is 0 Å². The second kappa shape index (κ2) is 8.75. The Morgan fingerprint density at radius 3 is 2.42 bits per heavy atom. The first-order valence-corrected chi connectivity index (χ1v) is 9.13. The standard InChI is InChI=1S/C18H28N8/c1-15-22-16(19-8-5-9-24(2)3)14-17(23-15)25-10-12-26(13-11-25)18-20-6-4-7-21-18/h4,6-7,14H,5,8-13H2,1-3H3,(H,19,22,23). The maximum Gasteiger partial charge on any atom is 0.225 e. The minimum Gasteiger partial charge on any atom is -0.370 e. The molecule has 0 saturated carbocycles. The van der Waals surface area contributed by atoms with Crippen molar-refractivity contribution < 1.29 is 0 Å². The summed E-state index contributed by atoms with van der Waals surface area (Å²) >= 11 is 0. The van der Waals surface area contributed by atoms with Crippen LogP contribution in [0.5, 0.6) is 0 Å². The van der Waals surface area contributed by atoms with Crippen LogP contribution in [0.2, 0.25) is 0 Å². The fourth-order valence-corrected chi connectivity index (χ4v) is 3.01. The Morgan fingerprint density at radius 2 is 1.73 bits per heavy atom. The van der Waals surface area contributed by atoms with Crippen molar-refractivity contribution in [3.8, 4) is 0 Å². The van der Waals surface area contributed by atoms with Gasteiger partial charge in [0.25, 0.3) is 0 Å². The van der Waals surface area contributed by atoms with Gasteiger partial charge in [0, 0.05) is 51.2 Å². The number of aromatic nitrogens is 4. The topological polar surface area (TPSA) is 73.3 Å². The lowest BCUT2D eigenvalue weighted by atomic mass is 10.3. The normalized spacial score (nSPS) is 14.8. The fraction of sp³-hybridized carbons (Fsp3) is 0.556. The number of hydrogen-bond acceptors (Lipinski definition) is 8. The van der Waals surface area contributed by atoms with Crippen molar-refractivity contribution in [2.45, 2.75) is 13.3 Å². The van der Waals surface area contributed by atoms with Crippen LogP contribution >= 0.6 is 0 Å². The molecule has 3 rings (SSSR count). The van der Waals surface area contributed by atoms with E-state index in [2.05, 4.69) is 60.1 Å². The number of hydrogen-bond donors (Lipinski definition) is 1. The molecule has 140 valence electrons. The highest BCUT2D eigenvalue weighted by molar-refractivity contribution is 5.50. The Bertz CT molecular complexity index is 683. The zero-order valence-corrected chi connectivity index (χ0v) is 15.9. The van der Waals surface area contributed by atoms with E-state index in [9.17, 15) is 0 Å². The third-order valence-corrected chi connectivity index (χ3v) is 4.35. The van der Waals surface area contributed by atoms with Crippen LogP contribution < -0.4 is 15.1 Å². The van der Waals surface area contributed by atoms with E-state index in [1.807, 2.05) is 13.0 Å². The van der Waals surface area contributed by atoms with Gasteiger partial charge in [0.15, 0.2) is 0 Å². The molecule has 2 aromatic rings. The Balaban J connectivity index is 1.57. The van der Waals surface area contributed by atoms with E-state index < -0.39 is 0 Å². The third kappa shape index (κ3) is 5.01. The molecule has 26 heavy (non-hydrogen) atoms. The predicted octanol–water partition coefficient (Wildman–Crippen LogP) is 1.27. The van der Waals surface area contributed by atoms with Gasteiger partial charge in [-0.15, -0.1) is 0 Å². The van der Waals surface area contributed by atoms with Gasteiger partial charge in [0.05, 0.1) is 0 Å². The molecule has 0 aromatic carbocycles. The summed E-state index contributed by atoms with van der Waals surface area (Å²) in [5.41, 5.74) is 0. The number of rotatable bonds is 7. The number of anilines is 3. The molecule has 0 amide bonds. The van der Waals surface area contributed by atoms with Crippen LogP contribution in [0.15, 0.2) is 24.5 Å². The second-order valence-corrected chi connectivity index (χ2v) is 6.77. The summed E-state index contributed by atoms with van der Waals surface area (Å²) in [5.74, 6) is 3.49. The van der Waals surface area contributed by atoms with Crippen LogP contribution in [0.4, 0.5) is 17.6 Å². The molecule has 1 N–H and O–H groups in total. The highest BCUT2D eigenvalue weighted by Crippen LogP contribution is 2.19. The molecule has 3 heterocycles. The first kappa shape index (κ1) is 18.3. The first-order valence-electron chi connectivity index (χ1n) is 9.13. The molecular formula is C18H28N8. The number of aryl methyl sites for hydroxylation is 1. The fourth-order valence-electron chi connectivity index (χ4n) is 3.01. The summed E-state index contributed by atoms with van der Waals surface area (Å²) in [6.45, 7) is 7.49. The highest BCUT2D eigenvalue weighted by Gasteiger charge is 2.20. The zero-order chi connectivity index (χ0) is 18.4. The molecule has 2 aromatic heterocycles. The van der Waals surface area contributed by atoms with E-state index >= 15 is 0 Å². The van der Waals surface area contributed by atoms with Crippen LogP contribution in [0.3, 0.4) is 0 Å². The maximum absolute atomic E-state index is 4.63. The molecule has 1 aliphatic rings. The van der Waals surface area contributed by atoms with Crippen LogP contribution in [0.1, 0.15) is 12.2 Å². The Labute approximate surface area is 155 Å². The lowest BCUT2D eigenvalue weighted by Gasteiger charge is -2.35. The monoisotopic (exact) mass is 356 g/mol. The van der Waals surface area contributed by atoms with Crippen LogP contribution in [-0.4, -0.2) is 78.2 Å². The quantitative estimate of drug-likeness (QED) is 0.744. The average Bonchev–Trinajstić information content (AvgIpc) is 2.65. The van der Waals surface area contributed by atoms with Crippen LogP contribution in [0.25, 0.3) is 0 Å². The molecule has 0 aliphatic carbocycles. The van der Waals surface area contributed by atoms with Gasteiger partial charge < -0.3 is 20.0 Å². The molecule has 1 saturated heterocycles. The maximum atomic E-state index is 4.63. The van der Waals surface area contributed by atoms with E-state index in [0.29, 0.717) is 0 Å². The van der Waals surface area contributed by atoms with Crippen molar-refractivity contribution in [1.82, 2.24) is 24.8 Å². The number of nitrogens with one attached hydrogen (secondary N) is 1. The number of piperazine rings is 1. The van der Waals surface area contributed by atoms with E-state index in [1.165, 1.54) is 0 Å². The molecule has 8 nitrogen and oxygen atoms in total. The van der Waals surface area contributed by atoms with Gasteiger partial charge in [-0.1, -0.05) is 0 Å². The van der Waals surface area contributed by atoms with Gasteiger partial charge >= 0.3 is 0 Å². The van der Waals surface area contributed by atoms with E-state index in [-0.39, 0.29) is 0 Å². The molecular weight excluding hydrogens is 328 g/mol. The summed E-state index contributed by atoms with van der Waals surface area (Å²) < 4.78 is 0. The SMILES string of the molecule is Cc1nc(NCCCN(C)C)cc(N2CCN(c3ncccn3)CC2)n1. The highest BCUT2D eigenvalue weighted by atomic mass is 15.3. The minimum atomic E-state index is 0.798. The van der Waals surface area contributed by atoms with Crippen molar-refractivity contribution >= 4 is 17.6 Å². The first-order chi connectivity index (χ1) is 12.6. The van der Waals surface area contributed by atoms with E-state index in [1.54, 1.807) is 12.4 Å². The van der Waals surface area contributed by atoms with Crippen molar-refractivity contribution in [2.24, 2.45) is 0 Å². The number of nitrogens with zero attached hydrogens (tertiary/aromatic N) is 7. The molecule has 0 spiro atoms. The molecule has 8 heteroatoms. The minimum absolute atomic E-state index is 0.798. The second-order valence-electron chi connectivity index (χ2n) is 6.77. The van der Waals surface area contributed by atoms with Crippen LogP contribution in [0, 0.1) is 6.92 Å². The third-order valence-electron chi connectivity index (χ3n) is 4.35. The summed E-state index contributed by atoms with van der Waals surface area (Å²) in [5, 5.41) is 3.42. The Morgan fingerprint density at radius 1 is 1.04 bits per heavy atom. The van der Waals surface area contributed by atoms with Crippen molar-refractivity contribution in [2.75, 3.05) is 68.5 Å². The molecule has 0 atom stereocenters. The summed E-state index contributed by atoms with van der Waals surface area (Å²) in [4.78, 5) is 24.5. The lowest BCUT2D eigenvalue weighted by Crippen LogP contribution is -2.47. The molecule has 1 fully saturated rings. The summed E-state index contributed by atoms with van der Waals surface area (Å²) in [7, 11) is 4.18. The van der Waals surface area contributed by atoms with Gasteiger partial charge in [-0.25, -0.2) is 19.9 Å². The van der Waals surface area contributed by atoms with E-state index in [0.717, 1.165) is 69.1 Å². The van der Waals surface area contributed by atoms with Crippen molar-refractivity contribution in [3.05, 3.63) is 30.4 Å². The van der Waals surface area contributed by atoms with Crippen LogP contribution in [-0.2, 0) is 0 Å². The average molecular weight is 356 g/mol.